The van der Waals surface area contributed by atoms with Gasteiger partial charge in [-0.05, 0) is 11.8 Å². The molecule has 3 N–H and O–H groups in total. The van der Waals surface area contributed by atoms with Crippen LogP contribution in [0, 0.1) is 5.41 Å². The maximum atomic E-state index is 11.9. The van der Waals surface area contributed by atoms with Gasteiger partial charge in [-0.15, -0.1) is 0 Å². The molecule has 0 saturated carbocycles. The molecule has 104 valence electrons. The van der Waals surface area contributed by atoms with Crippen molar-refractivity contribution in [3.8, 4) is 0 Å². The van der Waals surface area contributed by atoms with Crippen LogP contribution in [0.3, 0.4) is 0 Å². The molecule has 0 aromatic rings. The van der Waals surface area contributed by atoms with Crippen molar-refractivity contribution in [1.29, 1.82) is 0 Å². The monoisotopic (exact) mass is 258 g/mol. The van der Waals surface area contributed by atoms with Crippen molar-refractivity contribution in [2.75, 3.05) is 13.1 Å². The average Bonchev–Trinajstić information content (AvgIpc) is 2.68. The molecule has 0 spiro atoms. The van der Waals surface area contributed by atoms with Gasteiger partial charge >= 0.3 is 12.0 Å². The van der Waals surface area contributed by atoms with E-state index in [4.69, 9.17) is 5.11 Å². The number of hydrogen-bond donors (Lipinski definition) is 3. The number of rotatable bonds is 4. The summed E-state index contributed by atoms with van der Waals surface area (Å²) >= 11 is 0. The fourth-order valence-electron chi connectivity index (χ4n) is 1.81. The summed E-state index contributed by atoms with van der Waals surface area (Å²) in [6.07, 6.45) is 0.258. The van der Waals surface area contributed by atoms with Gasteiger partial charge in [0.25, 0.3) is 0 Å². The van der Waals surface area contributed by atoms with E-state index in [1.165, 1.54) is 4.90 Å². The Kier molecular flexibility index (Phi) is 4.56. The van der Waals surface area contributed by atoms with E-state index in [0.717, 1.165) is 6.42 Å². The van der Waals surface area contributed by atoms with E-state index >= 15 is 0 Å². The van der Waals surface area contributed by atoms with Crippen LogP contribution in [0.15, 0.2) is 0 Å². The Bertz CT molecular complexity index is 330. The van der Waals surface area contributed by atoms with Crippen LogP contribution in [0.2, 0.25) is 0 Å². The molecular formula is C12H22N2O4. The van der Waals surface area contributed by atoms with Gasteiger partial charge in [0.05, 0.1) is 6.10 Å². The highest BCUT2D eigenvalue weighted by atomic mass is 16.4. The summed E-state index contributed by atoms with van der Waals surface area (Å²) in [7, 11) is 0. The Morgan fingerprint density at radius 1 is 1.44 bits per heavy atom. The second kappa shape index (κ2) is 5.56. The molecule has 1 aliphatic rings. The molecule has 0 aliphatic carbocycles. The molecule has 1 aliphatic heterocycles. The highest BCUT2D eigenvalue weighted by Gasteiger charge is 2.39. The first-order valence-corrected chi connectivity index (χ1v) is 6.22. The van der Waals surface area contributed by atoms with Crippen molar-refractivity contribution < 1.29 is 19.8 Å². The van der Waals surface area contributed by atoms with Crippen LogP contribution < -0.4 is 5.32 Å². The van der Waals surface area contributed by atoms with E-state index in [9.17, 15) is 14.7 Å². The average molecular weight is 258 g/mol. The topological polar surface area (TPSA) is 89.9 Å². The third-order valence-electron chi connectivity index (χ3n) is 3.50. The summed E-state index contributed by atoms with van der Waals surface area (Å²) in [5.41, 5.74) is -0.0211. The molecule has 6 nitrogen and oxygen atoms in total. The summed E-state index contributed by atoms with van der Waals surface area (Å²) in [5.74, 6) is -1.07. The van der Waals surface area contributed by atoms with Crippen molar-refractivity contribution in [2.24, 2.45) is 5.41 Å². The Balaban J connectivity index is 2.58. The Morgan fingerprint density at radius 2 is 2.06 bits per heavy atom. The zero-order valence-electron chi connectivity index (χ0n) is 11.1. The van der Waals surface area contributed by atoms with Crippen molar-refractivity contribution >= 4 is 12.0 Å². The highest BCUT2D eigenvalue weighted by Crippen LogP contribution is 2.20. The number of nitrogens with one attached hydrogen (secondary N) is 1. The number of aliphatic carboxylic acids is 1. The predicted molar refractivity (Wildman–Crippen MR) is 66.2 cm³/mol. The second-order valence-corrected chi connectivity index (χ2v) is 5.57. The minimum Gasteiger partial charge on any atom is -0.480 e. The molecule has 0 aromatic carbocycles. The smallest absolute Gasteiger partial charge is 0.326 e. The lowest BCUT2D eigenvalue weighted by molar-refractivity contribution is -0.141. The van der Waals surface area contributed by atoms with E-state index < -0.39 is 24.1 Å². The summed E-state index contributed by atoms with van der Waals surface area (Å²) in [4.78, 5) is 24.1. The number of likely N-dealkylation sites (tertiary alicyclic amines) is 1. The van der Waals surface area contributed by atoms with Gasteiger partial charge in [0.15, 0.2) is 0 Å². The maximum absolute atomic E-state index is 11.9. The quantitative estimate of drug-likeness (QED) is 0.690. The van der Waals surface area contributed by atoms with Crippen LogP contribution in [0.1, 0.15) is 33.6 Å². The normalized spacial score (nSPS) is 24.1. The lowest BCUT2D eigenvalue weighted by Gasteiger charge is -2.26. The second-order valence-electron chi connectivity index (χ2n) is 5.57. The summed E-state index contributed by atoms with van der Waals surface area (Å²) < 4.78 is 0. The molecule has 0 bridgehead atoms. The molecule has 2 unspecified atom stereocenters. The van der Waals surface area contributed by atoms with Gasteiger partial charge in [-0.25, -0.2) is 9.59 Å². The minimum atomic E-state index is -1.07. The Hall–Kier alpha value is -1.30. The summed E-state index contributed by atoms with van der Waals surface area (Å²) in [6.45, 7) is 6.66. The standard InChI is InChI=1S/C12H22N2O4/c1-4-12(2,3)7-13-11(18)14-6-8(15)5-9(14)10(16)17/h8-9,15H,4-7H2,1-3H3,(H,13,18)(H,16,17). The number of aliphatic hydroxyl groups excluding tert-OH is 1. The van der Waals surface area contributed by atoms with Crippen molar-refractivity contribution in [3.63, 3.8) is 0 Å². The minimum absolute atomic E-state index is 0.0211. The fraction of sp³-hybridized carbons (Fsp3) is 0.833. The van der Waals surface area contributed by atoms with Crippen LogP contribution in [0.25, 0.3) is 0 Å². The van der Waals surface area contributed by atoms with Gasteiger partial charge in [0.1, 0.15) is 6.04 Å². The first-order valence-electron chi connectivity index (χ1n) is 6.22. The van der Waals surface area contributed by atoms with Crippen molar-refractivity contribution in [2.45, 2.75) is 45.8 Å². The van der Waals surface area contributed by atoms with Gasteiger partial charge in [-0.2, -0.15) is 0 Å². The van der Waals surface area contributed by atoms with E-state index in [1.807, 2.05) is 20.8 Å². The maximum Gasteiger partial charge on any atom is 0.326 e. The lowest BCUT2D eigenvalue weighted by Crippen LogP contribution is -2.48. The molecule has 1 heterocycles. The molecule has 18 heavy (non-hydrogen) atoms. The molecule has 0 radical (unpaired) electrons. The molecule has 2 amide bonds. The number of carboxylic acids is 1. The number of hydrogen-bond acceptors (Lipinski definition) is 3. The molecule has 2 atom stereocenters. The van der Waals surface area contributed by atoms with Gasteiger partial charge in [-0.1, -0.05) is 20.8 Å². The third-order valence-corrected chi connectivity index (χ3v) is 3.50. The molecule has 1 saturated heterocycles. The lowest BCUT2D eigenvalue weighted by atomic mass is 9.90. The summed E-state index contributed by atoms with van der Waals surface area (Å²) in [6, 6.07) is -1.34. The van der Waals surface area contributed by atoms with Gasteiger partial charge in [0.2, 0.25) is 0 Å². The van der Waals surface area contributed by atoms with E-state index in [2.05, 4.69) is 5.32 Å². The van der Waals surface area contributed by atoms with Crippen molar-refractivity contribution in [3.05, 3.63) is 0 Å². The van der Waals surface area contributed by atoms with Crippen LogP contribution in [0.4, 0.5) is 4.79 Å². The molecular weight excluding hydrogens is 236 g/mol. The Labute approximate surface area is 107 Å². The first kappa shape index (κ1) is 14.8. The predicted octanol–water partition coefficient (Wildman–Crippen LogP) is 0.652. The van der Waals surface area contributed by atoms with Crippen LogP contribution in [0.5, 0.6) is 0 Å². The van der Waals surface area contributed by atoms with Crippen LogP contribution in [-0.2, 0) is 4.79 Å². The largest absolute Gasteiger partial charge is 0.480 e. The number of aliphatic hydroxyl groups is 1. The van der Waals surface area contributed by atoms with E-state index in [0.29, 0.717) is 6.54 Å². The molecule has 6 heteroatoms. The number of amides is 2. The third kappa shape index (κ3) is 3.60. The van der Waals surface area contributed by atoms with Crippen LogP contribution >= 0.6 is 0 Å². The fourth-order valence-corrected chi connectivity index (χ4v) is 1.81. The van der Waals surface area contributed by atoms with E-state index in [-0.39, 0.29) is 18.4 Å². The zero-order valence-corrected chi connectivity index (χ0v) is 11.1. The number of β-amino-alcohol motifs (C(OH)–C–C–N with tert-alkyl or cyclic N) is 1. The number of urea groups is 1. The first-order chi connectivity index (χ1) is 8.26. The SMILES string of the molecule is CCC(C)(C)CNC(=O)N1CC(O)CC1C(=O)O. The highest BCUT2D eigenvalue weighted by molar-refractivity contribution is 5.83. The number of carbonyl (C=O) groups is 2. The van der Waals surface area contributed by atoms with Crippen molar-refractivity contribution in [1.82, 2.24) is 10.2 Å². The van der Waals surface area contributed by atoms with Gasteiger partial charge in [-0.3, -0.25) is 0 Å². The molecule has 0 aromatic heterocycles. The molecule has 1 fully saturated rings. The van der Waals surface area contributed by atoms with E-state index in [1.54, 1.807) is 0 Å². The number of carboxylic acid groups (broad SMARTS) is 1. The zero-order chi connectivity index (χ0) is 13.9. The Morgan fingerprint density at radius 3 is 2.56 bits per heavy atom. The number of carbonyl (C=O) groups excluding carboxylic acids is 1. The summed E-state index contributed by atoms with van der Waals surface area (Å²) in [5, 5.41) is 21.2. The van der Waals surface area contributed by atoms with Gasteiger partial charge in [0, 0.05) is 19.5 Å². The number of nitrogens with zero attached hydrogens (tertiary/aromatic N) is 1. The van der Waals surface area contributed by atoms with Gasteiger partial charge < -0.3 is 20.4 Å². The molecule has 1 rings (SSSR count). The van der Waals surface area contributed by atoms with Crippen LogP contribution in [-0.4, -0.2) is 52.3 Å².